The van der Waals surface area contributed by atoms with E-state index in [1.807, 2.05) is 37.4 Å². The van der Waals surface area contributed by atoms with E-state index < -0.39 is 10.1 Å². The molecule has 29 heavy (non-hydrogen) atoms. The van der Waals surface area contributed by atoms with Gasteiger partial charge in [-0.3, -0.25) is 4.79 Å². The molecular formula is C20H28N2O5S2. The van der Waals surface area contributed by atoms with Crippen LogP contribution in [0.5, 0.6) is 5.75 Å². The standard InChI is InChI=1S/C20H28N2O5S2/c1-5-21(6-2)17-10-9-16(18(14-17)27-29(4,24)25)15-22(11-12-26-3)20(23)19-8-7-13-28-19/h7-10,13-14H,5-6,11-12,15H2,1-4H3. The van der Waals surface area contributed by atoms with Gasteiger partial charge in [-0.25, -0.2) is 0 Å². The molecule has 1 aromatic carbocycles. The summed E-state index contributed by atoms with van der Waals surface area (Å²) in [5, 5.41) is 1.85. The molecule has 2 aromatic rings. The monoisotopic (exact) mass is 440 g/mol. The number of carbonyl (C=O) groups excluding carboxylic acids is 1. The Morgan fingerprint density at radius 1 is 1.17 bits per heavy atom. The van der Waals surface area contributed by atoms with Crippen molar-refractivity contribution in [2.75, 3.05) is 44.5 Å². The molecule has 0 saturated carbocycles. The second-order valence-corrected chi connectivity index (χ2v) is 8.97. The predicted molar refractivity (Wildman–Crippen MR) is 116 cm³/mol. The molecule has 160 valence electrons. The number of anilines is 1. The molecule has 7 nitrogen and oxygen atoms in total. The minimum atomic E-state index is -3.72. The van der Waals surface area contributed by atoms with Crippen LogP contribution >= 0.6 is 11.3 Å². The number of methoxy groups -OCH3 is 1. The van der Waals surface area contributed by atoms with Gasteiger partial charge >= 0.3 is 10.1 Å². The number of ether oxygens (including phenoxy) is 1. The Morgan fingerprint density at radius 2 is 1.90 bits per heavy atom. The molecule has 0 aliphatic heterocycles. The first-order valence-electron chi connectivity index (χ1n) is 9.38. The normalized spacial score (nSPS) is 11.3. The maximum absolute atomic E-state index is 12.9. The quantitative estimate of drug-likeness (QED) is 0.500. The van der Waals surface area contributed by atoms with Crippen molar-refractivity contribution < 1.29 is 22.1 Å². The zero-order valence-corrected chi connectivity index (χ0v) is 18.9. The van der Waals surface area contributed by atoms with E-state index in [9.17, 15) is 13.2 Å². The Balaban J connectivity index is 2.39. The Bertz CT molecular complexity index is 894. The average Bonchev–Trinajstić information content (AvgIpc) is 3.20. The summed E-state index contributed by atoms with van der Waals surface area (Å²) in [6.07, 6.45) is 1.01. The number of rotatable bonds is 11. The molecule has 1 amide bonds. The number of amides is 1. The van der Waals surface area contributed by atoms with E-state index in [1.54, 1.807) is 24.1 Å². The lowest BCUT2D eigenvalue weighted by Gasteiger charge is -2.25. The van der Waals surface area contributed by atoms with Crippen molar-refractivity contribution >= 4 is 33.0 Å². The average molecular weight is 441 g/mol. The molecule has 0 unspecified atom stereocenters. The van der Waals surface area contributed by atoms with Crippen LogP contribution in [0.1, 0.15) is 29.1 Å². The summed E-state index contributed by atoms with van der Waals surface area (Å²) in [6, 6.07) is 9.04. The number of hydrogen-bond donors (Lipinski definition) is 0. The second kappa shape index (κ2) is 10.6. The van der Waals surface area contributed by atoms with Gasteiger partial charge in [-0.1, -0.05) is 12.1 Å². The molecular weight excluding hydrogens is 412 g/mol. The lowest BCUT2D eigenvalue weighted by atomic mass is 10.1. The van der Waals surface area contributed by atoms with Crippen molar-refractivity contribution in [1.29, 1.82) is 0 Å². The van der Waals surface area contributed by atoms with E-state index in [1.165, 1.54) is 11.3 Å². The minimum Gasteiger partial charge on any atom is -0.383 e. The van der Waals surface area contributed by atoms with Crippen molar-refractivity contribution in [2.45, 2.75) is 20.4 Å². The van der Waals surface area contributed by atoms with Gasteiger partial charge in [0.25, 0.3) is 5.91 Å². The van der Waals surface area contributed by atoms with Gasteiger partial charge in [0.1, 0.15) is 5.75 Å². The van der Waals surface area contributed by atoms with Crippen LogP contribution in [-0.4, -0.2) is 58.8 Å². The highest BCUT2D eigenvalue weighted by molar-refractivity contribution is 7.86. The summed E-state index contributed by atoms with van der Waals surface area (Å²) in [6.45, 7) is 6.58. The molecule has 0 bridgehead atoms. The number of benzene rings is 1. The summed E-state index contributed by atoms with van der Waals surface area (Å²) in [4.78, 5) is 17.2. The molecule has 0 spiro atoms. The lowest BCUT2D eigenvalue weighted by Crippen LogP contribution is -2.33. The number of carbonyl (C=O) groups is 1. The van der Waals surface area contributed by atoms with E-state index in [0.29, 0.717) is 23.6 Å². The zero-order valence-electron chi connectivity index (χ0n) is 17.3. The summed E-state index contributed by atoms with van der Waals surface area (Å²) in [7, 11) is -2.14. The van der Waals surface area contributed by atoms with Crippen molar-refractivity contribution in [1.82, 2.24) is 4.90 Å². The molecule has 0 N–H and O–H groups in total. The van der Waals surface area contributed by atoms with E-state index >= 15 is 0 Å². The van der Waals surface area contributed by atoms with Crippen LogP contribution in [-0.2, 0) is 21.4 Å². The number of nitrogens with zero attached hydrogens (tertiary/aromatic N) is 2. The molecule has 1 aromatic heterocycles. The third-order valence-corrected chi connectivity index (χ3v) is 5.71. The van der Waals surface area contributed by atoms with Crippen molar-refractivity contribution in [3.05, 3.63) is 46.2 Å². The van der Waals surface area contributed by atoms with Crippen LogP contribution in [0.2, 0.25) is 0 Å². The Labute approximate surface area is 177 Å². The van der Waals surface area contributed by atoms with Gasteiger partial charge < -0.3 is 18.7 Å². The molecule has 0 fully saturated rings. The highest BCUT2D eigenvalue weighted by atomic mass is 32.2. The Kier molecular flexibility index (Phi) is 8.48. The fourth-order valence-electron chi connectivity index (χ4n) is 2.92. The molecule has 0 atom stereocenters. The first-order valence-corrected chi connectivity index (χ1v) is 12.1. The van der Waals surface area contributed by atoms with Crippen LogP contribution in [0.25, 0.3) is 0 Å². The van der Waals surface area contributed by atoms with Gasteiger partial charge in [0.05, 0.1) is 17.7 Å². The summed E-state index contributed by atoms with van der Waals surface area (Å²) < 4.78 is 34.0. The highest BCUT2D eigenvalue weighted by Gasteiger charge is 2.20. The van der Waals surface area contributed by atoms with Crippen LogP contribution in [0.4, 0.5) is 5.69 Å². The number of thiophene rings is 1. The smallest absolute Gasteiger partial charge is 0.306 e. The third kappa shape index (κ3) is 6.73. The fraction of sp³-hybridized carbons (Fsp3) is 0.450. The molecule has 9 heteroatoms. The van der Waals surface area contributed by atoms with Gasteiger partial charge in [-0.15, -0.1) is 11.3 Å². The van der Waals surface area contributed by atoms with Gasteiger partial charge in [0.2, 0.25) is 0 Å². The van der Waals surface area contributed by atoms with Crippen LogP contribution in [0, 0.1) is 0 Å². The van der Waals surface area contributed by atoms with E-state index in [0.717, 1.165) is 25.0 Å². The maximum Gasteiger partial charge on any atom is 0.306 e. The third-order valence-electron chi connectivity index (χ3n) is 4.37. The molecule has 0 aliphatic rings. The molecule has 2 rings (SSSR count). The zero-order chi connectivity index (χ0) is 21.4. The minimum absolute atomic E-state index is 0.129. The molecule has 0 radical (unpaired) electrons. The predicted octanol–water partition coefficient (Wildman–Crippen LogP) is 3.22. The van der Waals surface area contributed by atoms with Gasteiger partial charge in [-0.2, -0.15) is 8.42 Å². The largest absolute Gasteiger partial charge is 0.383 e. The molecule has 0 saturated heterocycles. The second-order valence-electron chi connectivity index (χ2n) is 6.45. The van der Waals surface area contributed by atoms with Crippen LogP contribution < -0.4 is 9.08 Å². The van der Waals surface area contributed by atoms with Gasteiger partial charge in [0, 0.05) is 50.6 Å². The summed E-state index contributed by atoms with van der Waals surface area (Å²) in [5.41, 5.74) is 1.48. The SMILES string of the molecule is CCN(CC)c1ccc(CN(CCOC)C(=O)c2cccs2)c(OS(C)(=O)=O)c1. The lowest BCUT2D eigenvalue weighted by molar-refractivity contribution is 0.0684. The van der Waals surface area contributed by atoms with Gasteiger partial charge in [-0.05, 0) is 31.4 Å². The Morgan fingerprint density at radius 3 is 2.45 bits per heavy atom. The maximum atomic E-state index is 12.9. The highest BCUT2D eigenvalue weighted by Crippen LogP contribution is 2.29. The van der Waals surface area contributed by atoms with E-state index in [2.05, 4.69) is 4.90 Å². The molecule has 1 heterocycles. The van der Waals surface area contributed by atoms with Crippen molar-refractivity contribution in [3.63, 3.8) is 0 Å². The molecule has 0 aliphatic carbocycles. The van der Waals surface area contributed by atoms with Crippen molar-refractivity contribution in [2.24, 2.45) is 0 Å². The van der Waals surface area contributed by atoms with Crippen LogP contribution in [0.15, 0.2) is 35.7 Å². The fourth-order valence-corrected chi connectivity index (χ4v) is 4.09. The first-order chi connectivity index (χ1) is 13.8. The van der Waals surface area contributed by atoms with Crippen molar-refractivity contribution in [3.8, 4) is 5.75 Å². The summed E-state index contributed by atoms with van der Waals surface area (Å²) in [5.74, 6) is 0.105. The van der Waals surface area contributed by atoms with E-state index in [4.69, 9.17) is 8.92 Å². The van der Waals surface area contributed by atoms with Crippen LogP contribution in [0.3, 0.4) is 0 Å². The van der Waals surface area contributed by atoms with E-state index in [-0.39, 0.29) is 18.2 Å². The first kappa shape index (κ1) is 23.2. The van der Waals surface area contributed by atoms with Gasteiger partial charge in [0.15, 0.2) is 0 Å². The summed E-state index contributed by atoms with van der Waals surface area (Å²) >= 11 is 1.36. The topological polar surface area (TPSA) is 76.2 Å². The number of hydrogen-bond acceptors (Lipinski definition) is 7. The Hall–Kier alpha value is -2.10.